The fourth-order valence-corrected chi connectivity index (χ4v) is 6.44. The van der Waals surface area contributed by atoms with Gasteiger partial charge in [-0.3, -0.25) is 0 Å². The van der Waals surface area contributed by atoms with E-state index in [1.165, 1.54) is 39.2 Å². The molecule has 1 heterocycles. The molecule has 0 amide bonds. The first-order valence-electron chi connectivity index (χ1n) is 16.0. The van der Waals surface area contributed by atoms with Gasteiger partial charge in [-0.2, -0.15) is 15.4 Å². The number of rotatable bonds is 10. The Hall–Kier alpha value is -5.30. The van der Waals surface area contributed by atoms with Crippen molar-refractivity contribution in [2.45, 2.75) is 11.8 Å². The van der Waals surface area contributed by atoms with Gasteiger partial charge in [0.05, 0.1) is 0 Å². The maximum Gasteiger partial charge on any atom is 0.117 e. The van der Waals surface area contributed by atoms with Crippen LogP contribution in [0.15, 0.2) is 109 Å². The molecule has 0 saturated carbocycles. The summed E-state index contributed by atoms with van der Waals surface area (Å²) in [5.41, 5.74) is 13.6. The highest BCUT2D eigenvalue weighted by molar-refractivity contribution is 5.82. The number of anilines is 4. The van der Waals surface area contributed by atoms with Crippen LogP contribution in [0, 0.1) is 0 Å². The molecule has 1 N–H and O–H groups in total. The molecule has 0 bridgehead atoms. The van der Waals surface area contributed by atoms with Crippen LogP contribution in [-0.4, -0.2) is 71.8 Å². The number of nitrogens with zero attached hydrogens (tertiary/aromatic N) is 6. The summed E-state index contributed by atoms with van der Waals surface area (Å²) in [5, 5.41) is 12.3. The highest BCUT2D eigenvalue weighted by Gasteiger charge is 2.29. The average molecular weight is 624 g/mol. The van der Waals surface area contributed by atoms with Crippen LogP contribution >= 0.6 is 0 Å². The lowest BCUT2D eigenvalue weighted by Crippen LogP contribution is -2.15. The molecular formula is C40H45N7. The van der Waals surface area contributed by atoms with Crippen LogP contribution in [-0.2, 0) is 0 Å². The minimum Gasteiger partial charge on any atom is -0.378 e. The molecule has 7 nitrogen and oxygen atoms in total. The number of hydrogen-bond acceptors (Lipinski definition) is 6. The molecule has 6 rings (SSSR count). The highest BCUT2D eigenvalue weighted by Crippen LogP contribution is 2.44. The van der Waals surface area contributed by atoms with E-state index >= 15 is 0 Å². The van der Waals surface area contributed by atoms with Crippen LogP contribution in [0.3, 0.4) is 0 Å². The smallest absolute Gasteiger partial charge is 0.117 e. The highest BCUT2D eigenvalue weighted by atomic mass is 15.3. The van der Waals surface area contributed by atoms with E-state index in [0.717, 1.165) is 28.0 Å². The van der Waals surface area contributed by atoms with Crippen molar-refractivity contribution in [1.29, 1.82) is 0 Å². The van der Waals surface area contributed by atoms with Crippen molar-refractivity contribution in [3.05, 3.63) is 143 Å². The predicted octanol–water partition coefficient (Wildman–Crippen LogP) is 7.58. The van der Waals surface area contributed by atoms with Crippen LogP contribution in [0.2, 0.25) is 0 Å². The second-order valence-corrected chi connectivity index (χ2v) is 13.1. The Bertz CT molecular complexity index is 1820. The Morgan fingerprint density at radius 1 is 0.404 bits per heavy atom. The number of aromatic amines is 1. The van der Waals surface area contributed by atoms with Gasteiger partial charge in [0.15, 0.2) is 0 Å². The van der Waals surface area contributed by atoms with E-state index in [-0.39, 0.29) is 11.8 Å². The van der Waals surface area contributed by atoms with Crippen LogP contribution in [0.1, 0.15) is 45.2 Å². The fourth-order valence-electron chi connectivity index (χ4n) is 6.44. The fraction of sp³-hybridized carbons (Fsp3) is 0.250. The molecule has 0 spiro atoms. The summed E-state index contributed by atoms with van der Waals surface area (Å²) in [6.45, 7) is 0. The van der Waals surface area contributed by atoms with Crippen molar-refractivity contribution in [1.82, 2.24) is 15.4 Å². The molecule has 7 heteroatoms. The molecule has 0 aliphatic carbocycles. The zero-order chi connectivity index (χ0) is 33.2. The lowest BCUT2D eigenvalue weighted by atomic mass is 9.75. The average Bonchev–Trinajstić information content (AvgIpc) is 3.56. The van der Waals surface area contributed by atoms with Crippen molar-refractivity contribution in [2.75, 3.05) is 76.0 Å². The molecule has 0 atom stereocenters. The molecule has 0 aliphatic heterocycles. The first kappa shape index (κ1) is 31.7. The van der Waals surface area contributed by atoms with Crippen LogP contribution < -0.4 is 19.6 Å². The summed E-state index contributed by atoms with van der Waals surface area (Å²) >= 11 is 0. The molecule has 240 valence electrons. The Labute approximate surface area is 279 Å². The topological polar surface area (TPSA) is 54.5 Å². The van der Waals surface area contributed by atoms with Gasteiger partial charge < -0.3 is 19.6 Å². The molecule has 0 aliphatic rings. The van der Waals surface area contributed by atoms with Gasteiger partial charge in [-0.1, -0.05) is 54.6 Å². The number of aromatic nitrogens is 3. The molecular weight excluding hydrogens is 578 g/mol. The number of H-pyrrole nitrogens is 1. The zero-order valence-electron chi connectivity index (χ0n) is 28.7. The third kappa shape index (κ3) is 6.39. The van der Waals surface area contributed by atoms with Crippen LogP contribution in [0.25, 0.3) is 11.0 Å². The number of benzene rings is 5. The SMILES string of the molecule is CN(C)c1ccc(C(c2ccc(N(C)C)cc2)c2ccc3n[nH]nc3c2C(c2ccc(N(C)C)cc2)c2ccc(N(C)C)cc2)cc1. The summed E-state index contributed by atoms with van der Waals surface area (Å²) in [7, 11) is 16.6. The Balaban J connectivity index is 1.64. The molecule has 0 fully saturated rings. The first-order valence-corrected chi connectivity index (χ1v) is 16.0. The van der Waals surface area contributed by atoms with E-state index in [2.05, 4.69) is 195 Å². The van der Waals surface area contributed by atoms with Crippen molar-refractivity contribution in [3.63, 3.8) is 0 Å². The minimum absolute atomic E-state index is 0.0388. The maximum atomic E-state index is 4.82. The molecule has 0 radical (unpaired) electrons. The number of nitrogens with one attached hydrogen (secondary N) is 1. The summed E-state index contributed by atoms with van der Waals surface area (Å²) in [4.78, 5) is 8.56. The standard InChI is InChI=1S/C40H45N7/c1-44(2)31-17-9-27(10-18-31)37(28-11-19-32(20-12-28)45(3)4)35-25-26-36-40(42-43-41-36)39(35)38(29-13-21-33(22-14-29)46(5)6)30-15-23-34(24-16-30)47(7)8/h9-26,37-38H,1-8H3,(H,41,42,43). The van der Waals surface area contributed by atoms with Crippen molar-refractivity contribution >= 4 is 33.8 Å². The molecule has 0 saturated heterocycles. The van der Waals surface area contributed by atoms with Gasteiger partial charge in [-0.25, -0.2) is 0 Å². The second kappa shape index (κ2) is 13.2. The van der Waals surface area contributed by atoms with Crippen LogP contribution in [0.4, 0.5) is 22.7 Å². The summed E-state index contributed by atoms with van der Waals surface area (Å²) in [6.07, 6.45) is 0. The van der Waals surface area contributed by atoms with Gasteiger partial charge in [0.2, 0.25) is 0 Å². The van der Waals surface area contributed by atoms with Gasteiger partial charge in [-0.15, -0.1) is 0 Å². The van der Waals surface area contributed by atoms with Gasteiger partial charge in [-0.05, 0) is 88.0 Å². The predicted molar refractivity (Wildman–Crippen MR) is 199 cm³/mol. The largest absolute Gasteiger partial charge is 0.378 e. The third-order valence-corrected chi connectivity index (χ3v) is 9.13. The normalized spacial score (nSPS) is 11.4. The van der Waals surface area contributed by atoms with Crippen LogP contribution in [0.5, 0.6) is 0 Å². The molecule has 5 aromatic carbocycles. The number of fused-ring (bicyclic) bond motifs is 1. The minimum atomic E-state index is -0.0872. The lowest BCUT2D eigenvalue weighted by molar-refractivity contribution is 0.895. The molecule has 0 unspecified atom stereocenters. The van der Waals surface area contributed by atoms with E-state index in [4.69, 9.17) is 5.10 Å². The molecule has 6 aromatic rings. The van der Waals surface area contributed by atoms with Gasteiger partial charge >= 0.3 is 0 Å². The van der Waals surface area contributed by atoms with Gasteiger partial charge in [0.25, 0.3) is 0 Å². The Kier molecular flexibility index (Phi) is 8.90. The first-order chi connectivity index (χ1) is 22.6. The summed E-state index contributed by atoms with van der Waals surface area (Å²) in [5.74, 6) is -0.126. The zero-order valence-corrected chi connectivity index (χ0v) is 28.7. The Morgan fingerprint density at radius 3 is 1.09 bits per heavy atom. The summed E-state index contributed by atoms with van der Waals surface area (Å²) in [6, 6.07) is 40.1. The van der Waals surface area contributed by atoms with E-state index in [1.807, 2.05) is 0 Å². The van der Waals surface area contributed by atoms with Crippen molar-refractivity contribution < 1.29 is 0 Å². The molecule has 1 aromatic heterocycles. The van der Waals surface area contributed by atoms with Gasteiger partial charge in [0.1, 0.15) is 11.0 Å². The van der Waals surface area contributed by atoms with E-state index < -0.39 is 0 Å². The van der Waals surface area contributed by atoms with E-state index in [9.17, 15) is 0 Å². The van der Waals surface area contributed by atoms with Gasteiger partial charge in [0, 0.05) is 91.0 Å². The van der Waals surface area contributed by atoms with E-state index in [1.54, 1.807) is 0 Å². The molecule has 47 heavy (non-hydrogen) atoms. The maximum absolute atomic E-state index is 4.82. The third-order valence-electron chi connectivity index (χ3n) is 9.13. The van der Waals surface area contributed by atoms with Crippen molar-refractivity contribution in [2.24, 2.45) is 0 Å². The lowest BCUT2D eigenvalue weighted by Gasteiger charge is -2.28. The number of hydrogen-bond donors (Lipinski definition) is 1. The second-order valence-electron chi connectivity index (χ2n) is 13.1. The van der Waals surface area contributed by atoms with E-state index in [0.29, 0.717) is 0 Å². The monoisotopic (exact) mass is 623 g/mol. The summed E-state index contributed by atoms with van der Waals surface area (Å²) < 4.78 is 0. The quantitative estimate of drug-likeness (QED) is 0.159. The Morgan fingerprint density at radius 2 is 0.745 bits per heavy atom. The van der Waals surface area contributed by atoms with Crippen molar-refractivity contribution in [3.8, 4) is 0 Å².